The van der Waals surface area contributed by atoms with Crippen molar-refractivity contribution in [2.24, 2.45) is 0 Å². The molecule has 5 rings (SSSR count). The summed E-state index contributed by atoms with van der Waals surface area (Å²) in [5, 5.41) is 2.29. The van der Waals surface area contributed by atoms with E-state index in [9.17, 15) is 0 Å². The first kappa shape index (κ1) is 15.7. The van der Waals surface area contributed by atoms with Crippen molar-refractivity contribution in [3.63, 3.8) is 0 Å². The van der Waals surface area contributed by atoms with E-state index in [4.69, 9.17) is 4.42 Å². The van der Waals surface area contributed by atoms with Crippen molar-refractivity contribution in [2.75, 3.05) is 0 Å². The summed E-state index contributed by atoms with van der Waals surface area (Å²) in [6.07, 6.45) is 5.95. The fraction of sp³-hybridized carbons (Fsp3) is 0.0769. The summed E-state index contributed by atoms with van der Waals surface area (Å²) in [5.74, 6) is 0. The molecule has 1 aliphatic rings. The van der Waals surface area contributed by atoms with E-state index in [1.54, 1.807) is 0 Å². The highest BCUT2D eigenvalue weighted by Crippen LogP contribution is 2.37. The van der Waals surface area contributed by atoms with Crippen LogP contribution < -0.4 is 0 Å². The van der Waals surface area contributed by atoms with E-state index in [-0.39, 0.29) is 0 Å². The van der Waals surface area contributed by atoms with Crippen molar-refractivity contribution >= 4 is 27.5 Å². The zero-order valence-electron chi connectivity index (χ0n) is 15.3. The lowest BCUT2D eigenvalue weighted by Crippen LogP contribution is -1.87. The molecule has 0 saturated carbocycles. The Kier molecular flexibility index (Phi) is 3.52. The summed E-state index contributed by atoms with van der Waals surface area (Å²) in [5.41, 5.74) is 15.2. The van der Waals surface area contributed by atoms with Gasteiger partial charge in [-0.3, -0.25) is 0 Å². The maximum absolute atomic E-state index is 6.18. The number of hydrogen-bond acceptors (Lipinski definition) is 1. The van der Waals surface area contributed by atoms with Gasteiger partial charge in [0.2, 0.25) is 0 Å². The number of hydrogen-bond donors (Lipinski definition) is 0. The lowest BCUT2D eigenvalue weighted by molar-refractivity contribution is 0.668. The van der Waals surface area contributed by atoms with Gasteiger partial charge in [0.25, 0.3) is 0 Å². The van der Waals surface area contributed by atoms with Crippen LogP contribution in [0.15, 0.2) is 88.7 Å². The minimum absolute atomic E-state index is 0.927. The molecule has 0 bridgehead atoms. The molecule has 0 radical (unpaired) electrons. The third kappa shape index (κ3) is 2.58. The number of aryl methyl sites for hydroxylation is 2. The van der Waals surface area contributed by atoms with Crippen LogP contribution in [-0.4, -0.2) is 0 Å². The lowest BCUT2D eigenvalue weighted by Gasteiger charge is -2.07. The van der Waals surface area contributed by atoms with Gasteiger partial charge in [-0.1, -0.05) is 47.9 Å². The number of benzene rings is 3. The van der Waals surface area contributed by atoms with Gasteiger partial charge in [-0.25, -0.2) is 0 Å². The molecule has 0 aliphatic heterocycles. The van der Waals surface area contributed by atoms with Crippen LogP contribution in [0.2, 0.25) is 0 Å². The molecule has 128 valence electrons. The molecule has 1 aromatic heterocycles. The number of allylic oxidation sites excluding steroid dienone is 4. The van der Waals surface area contributed by atoms with E-state index in [0.29, 0.717) is 0 Å². The zero-order valence-corrected chi connectivity index (χ0v) is 15.3. The van der Waals surface area contributed by atoms with Crippen LogP contribution in [0.25, 0.3) is 38.6 Å². The van der Waals surface area contributed by atoms with Crippen LogP contribution in [0.5, 0.6) is 0 Å². The zero-order chi connectivity index (χ0) is 18.4. The topological polar surface area (TPSA) is 13.1 Å². The van der Waals surface area contributed by atoms with Crippen LogP contribution >= 0.6 is 0 Å². The molecule has 3 aromatic carbocycles. The molecule has 0 saturated heterocycles. The molecule has 0 unspecified atom stereocenters. The molecule has 0 atom stereocenters. The Morgan fingerprint density at radius 1 is 0.778 bits per heavy atom. The molecule has 0 amide bonds. The Balaban J connectivity index is 1.81. The highest BCUT2D eigenvalue weighted by Gasteiger charge is 2.14. The highest BCUT2D eigenvalue weighted by atomic mass is 16.3. The second kappa shape index (κ2) is 6.04. The fourth-order valence-corrected chi connectivity index (χ4v) is 3.80. The molecule has 0 N–H and O–H groups in total. The van der Waals surface area contributed by atoms with Gasteiger partial charge in [0.05, 0.1) is 0 Å². The number of furan rings is 1. The lowest BCUT2D eigenvalue weighted by atomic mass is 9.95. The number of rotatable bonds is 2. The molecule has 0 fully saturated rings. The van der Waals surface area contributed by atoms with Crippen LogP contribution in [-0.2, 0) is 0 Å². The average Bonchev–Trinajstić information content (AvgIpc) is 3.03. The van der Waals surface area contributed by atoms with Gasteiger partial charge in [-0.15, -0.1) is 0 Å². The molecule has 0 spiro atoms. The van der Waals surface area contributed by atoms with Crippen LogP contribution in [0, 0.1) is 13.8 Å². The first-order chi connectivity index (χ1) is 13.2. The first-order valence-electron chi connectivity index (χ1n) is 9.12. The predicted octanol–water partition coefficient (Wildman–Crippen LogP) is 7.13. The first-order valence-corrected chi connectivity index (χ1v) is 9.12. The SMILES string of the molecule is Cc1cc2oc3cc(C)c(-c4ccccc4)cc3c2cc1C1=C=C=CC=C1. The summed E-state index contributed by atoms with van der Waals surface area (Å²) in [7, 11) is 0. The highest BCUT2D eigenvalue weighted by molar-refractivity contribution is 6.08. The average molecular weight is 346 g/mol. The van der Waals surface area contributed by atoms with E-state index in [1.165, 1.54) is 27.8 Å². The standard InChI is InChI=1S/C26H18O/c1-17-13-25-23(15-21(17)19-9-5-3-6-10-19)24-16-22(18(2)14-26(24)27-25)20-11-7-4-8-12-20/h3-7,9-11,13-16H,1-2H3. The second-order valence-electron chi connectivity index (χ2n) is 7.00. The van der Waals surface area contributed by atoms with Crippen LogP contribution in [0.3, 0.4) is 0 Å². The molecular weight excluding hydrogens is 328 g/mol. The molecule has 4 aromatic rings. The summed E-state index contributed by atoms with van der Waals surface area (Å²) < 4.78 is 6.18. The van der Waals surface area contributed by atoms with E-state index in [1.807, 2.05) is 18.2 Å². The molecule has 1 heterocycles. The summed E-state index contributed by atoms with van der Waals surface area (Å²) in [4.78, 5) is 0. The Labute approximate surface area is 158 Å². The summed E-state index contributed by atoms with van der Waals surface area (Å²) >= 11 is 0. The van der Waals surface area contributed by atoms with Gasteiger partial charge in [0.15, 0.2) is 0 Å². The van der Waals surface area contributed by atoms with Gasteiger partial charge in [0.1, 0.15) is 11.2 Å². The van der Waals surface area contributed by atoms with Gasteiger partial charge >= 0.3 is 0 Å². The maximum Gasteiger partial charge on any atom is 0.135 e. The van der Waals surface area contributed by atoms with Crippen molar-refractivity contribution in [2.45, 2.75) is 13.8 Å². The fourth-order valence-electron chi connectivity index (χ4n) is 3.80. The summed E-state index contributed by atoms with van der Waals surface area (Å²) in [6, 6.07) is 19.3. The van der Waals surface area contributed by atoms with E-state index >= 15 is 0 Å². The Bertz CT molecular complexity index is 1330. The maximum atomic E-state index is 6.18. The minimum atomic E-state index is 0.927. The van der Waals surface area contributed by atoms with Crippen LogP contribution in [0.4, 0.5) is 0 Å². The van der Waals surface area contributed by atoms with E-state index < -0.39 is 0 Å². The van der Waals surface area contributed by atoms with Crippen molar-refractivity contribution in [3.8, 4) is 11.1 Å². The van der Waals surface area contributed by atoms with Gasteiger partial charge in [-0.2, -0.15) is 0 Å². The van der Waals surface area contributed by atoms with Crippen molar-refractivity contribution in [1.82, 2.24) is 0 Å². The predicted molar refractivity (Wildman–Crippen MR) is 113 cm³/mol. The number of fused-ring (bicyclic) bond motifs is 3. The van der Waals surface area contributed by atoms with Crippen molar-refractivity contribution in [1.29, 1.82) is 0 Å². The molecule has 1 nitrogen and oxygen atoms in total. The Hall–Kier alpha value is -3.50. The quantitative estimate of drug-likeness (QED) is 0.352. The smallest absolute Gasteiger partial charge is 0.135 e. The van der Waals surface area contributed by atoms with E-state index in [2.05, 4.69) is 79.9 Å². The Morgan fingerprint density at radius 3 is 2.11 bits per heavy atom. The van der Waals surface area contributed by atoms with E-state index in [0.717, 1.165) is 27.5 Å². The molecular formula is C26H18O. The van der Waals surface area contributed by atoms with Crippen LogP contribution in [0.1, 0.15) is 16.7 Å². The molecule has 1 heteroatoms. The monoisotopic (exact) mass is 346 g/mol. The summed E-state index contributed by atoms with van der Waals surface area (Å²) in [6.45, 7) is 4.25. The van der Waals surface area contributed by atoms with Crippen molar-refractivity contribution < 1.29 is 4.42 Å². The van der Waals surface area contributed by atoms with Gasteiger partial charge in [0, 0.05) is 16.3 Å². The molecule has 27 heavy (non-hydrogen) atoms. The second-order valence-corrected chi connectivity index (χ2v) is 7.00. The third-order valence-electron chi connectivity index (χ3n) is 5.19. The minimum Gasteiger partial charge on any atom is -0.456 e. The van der Waals surface area contributed by atoms with Gasteiger partial charge < -0.3 is 4.42 Å². The molecule has 1 aliphatic carbocycles. The van der Waals surface area contributed by atoms with Gasteiger partial charge in [-0.05, 0) is 78.1 Å². The largest absolute Gasteiger partial charge is 0.456 e. The normalized spacial score (nSPS) is 12.9. The Morgan fingerprint density at radius 2 is 1.44 bits per heavy atom. The third-order valence-corrected chi connectivity index (χ3v) is 5.19. The van der Waals surface area contributed by atoms with Crippen molar-refractivity contribution in [3.05, 3.63) is 101 Å².